The first kappa shape index (κ1) is 22.8. The van der Waals surface area contributed by atoms with Crippen LogP contribution in [0.3, 0.4) is 0 Å². The van der Waals surface area contributed by atoms with Gasteiger partial charge in [-0.2, -0.15) is 0 Å². The molecule has 2 aromatic rings. The number of amides is 1. The van der Waals surface area contributed by atoms with E-state index in [4.69, 9.17) is 23.2 Å². The normalized spacial score (nSPS) is 19.3. The van der Waals surface area contributed by atoms with E-state index in [0.717, 1.165) is 18.4 Å². The molecule has 0 bridgehead atoms. The quantitative estimate of drug-likeness (QED) is 0.430. The van der Waals surface area contributed by atoms with Gasteiger partial charge in [0.2, 0.25) is 11.8 Å². The molecule has 5 nitrogen and oxygen atoms in total. The highest BCUT2D eigenvalue weighted by Crippen LogP contribution is 2.41. The Bertz CT molecular complexity index is 854. The molecule has 0 N–H and O–H groups in total. The van der Waals surface area contributed by atoms with Crippen LogP contribution in [-0.2, 0) is 4.79 Å². The first-order chi connectivity index (χ1) is 14.5. The molecule has 1 amide bonds. The van der Waals surface area contributed by atoms with Crippen LogP contribution in [0.25, 0.3) is 0 Å². The van der Waals surface area contributed by atoms with Crippen molar-refractivity contribution < 1.29 is 9.59 Å². The highest BCUT2D eigenvalue weighted by Gasteiger charge is 2.41. The second kappa shape index (κ2) is 11.0. The van der Waals surface area contributed by atoms with Gasteiger partial charge in [0.05, 0.1) is 12.0 Å². The van der Waals surface area contributed by atoms with Crippen LogP contribution in [0.5, 0.6) is 0 Å². The van der Waals surface area contributed by atoms with Gasteiger partial charge in [0, 0.05) is 35.4 Å². The molecule has 1 aromatic carbocycles. The van der Waals surface area contributed by atoms with Crippen LogP contribution in [0, 0.1) is 5.92 Å². The van der Waals surface area contributed by atoms with Gasteiger partial charge in [0.25, 0.3) is 0 Å². The van der Waals surface area contributed by atoms with Gasteiger partial charge in [-0.25, -0.2) is 4.98 Å². The third-order valence-electron chi connectivity index (χ3n) is 5.82. The average Bonchev–Trinajstić information content (AvgIpc) is 3.26. The average molecular weight is 450 g/mol. The molecule has 0 spiro atoms. The number of aromatic nitrogens is 2. The van der Waals surface area contributed by atoms with E-state index in [2.05, 4.69) is 11.9 Å². The summed E-state index contributed by atoms with van der Waals surface area (Å²) >= 11 is 12.6. The van der Waals surface area contributed by atoms with Gasteiger partial charge in [-0.3, -0.25) is 14.2 Å². The number of imidazole rings is 1. The lowest BCUT2D eigenvalue weighted by molar-refractivity contribution is -0.138. The van der Waals surface area contributed by atoms with Crippen LogP contribution in [0.15, 0.2) is 36.9 Å². The summed E-state index contributed by atoms with van der Waals surface area (Å²) in [6, 6.07) is 4.89. The minimum absolute atomic E-state index is 0.0658. The van der Waals surface area contributed by atoms with Crippen molar-refractivity contribution in [1.82, 2.24) is 14.5 Å². The van der Waals surface area contributed by atoms with Gasteiger partial charge in [0.1, 0.15) is 6.33 Å². The Labute approximate surface area is 188 Å². The van der Waals surface area contributed by atoms with Crippen molar-refractivity contribution in [2.24, 2.45) is 5.92 Å². The van der Waals surface area contributed by atoms with Crippen LogP contribution in [0.1, 0.15) is 74.7 Å². The fourth-order valence-electron chi connectivity index (χ4n) is 4.24. The second-order valence-corrected chi connectivity index (χ2v) is 8.76. The summed E-state index contributed by atoms with van der Waals surface area (Å²) in [6.07, 6.45) is 12.4. The number of carbonyl (C=O) groups is 2. The summed E-state index contributed by atoms with van der Waals surface area (Å²) in [4.78, 5) is 32.0. The third-order valence-corrected chi connectivity index (χ3v) is 6.38. The van der Waals surface area contributed by atoms with Gasteiger partial charge in [-0.1, -0.05) is 68.3 Å². The molecule has 1 aliphatic rings. The largest absolute Gasteiger partial charge is 0.335 e. The van der Waals surface area contributed by atoms with Crippen molar-refractivity contribution in [2.75, 3.05) is 6.54 Å². The van der Waals surface area contributed by atoms with E-state index in [-0.39, 0.29) is 17.7 Å². The summed E-state index contributed by atoms with van der Waals surface area (Å²) < 4.78 is 1.50. The number of hydrogen-bond donors (Lipinski definition) is 0. The Kier molecular flexibility index (Phi) is 8.34. The zero-order chi connectivity index (χ0) is 21.5. The number of nitrogens with zero attached hydrogens (tertiary/aromatic N) is 3. The first-order valence-corrected chi connectivity index (χ1v) is 11.5. The van der Waals surface area contributed by atoms with E-state index < -0.39 is 6.04 Å². The Hall–Kier alpha value is -1.85. The molecule has 7 heteroatoms. The number of likely N-dealkylation sites (tertiary alicyclic amines) is 1. The smallest absolute Gasteiger partial charge is 0.237 e. The van der Waals surface area contributed by atoms with Crippen molar-refractivity contribution in [3.8, 4) is 0 Å². The SMILES string of the molecule is CCCCCCCCN1C(=O)CCC(C(=O)n2ccnc2)C1c1ccc(Cl)cc1Cl. The molecular formula is C23H29Cl2N3O2. The maximum atomic E-state index is 13.2. The van der Waals surface area contributed by atoms with Crippen molar-refractivity contribution in [3.63, 3.8) is 0 Å². The number of carbonyl (C=O) groups excluding carboxylic acids is 2. The van der Waals surface area contributed by atoms with Crippen molar-refractivity contribution >= 4 is 35.0 Å². The molecule has 3 rings (SSSR count). The fourth-order valence-corrected chi connectivity index (χ4v) is 4.76. The van der Waals surface area contributed by atoms with Crippen LogP contribution in [-0.4, -0.2) is 32.8 Å². The summed E-state index contributed by atoms with van der Waals surface area (Å²) in [5.41, 5.74) is 0.776. The highest BCUT2D eigenvalue weighted by molar-refractivity contribution is 6.35. The molecule has 1 aliphatic heterocycles. The zero-order valence-corrected chi connectivity index (χ0v) is 18.9. The molecule has 2 heterocycles. The number of benzene rings is 1. The Morgan fingerprint density at radius 3 is 2.63 bits per heavy atom. The molecule has 2 atom stereocenters. The van der Waals surface area contributed by atoms with E-state index in [0.29, 0.717) is 29.4 Å². The van der Waals surface area contributed by atoms with Gasteiger partial charge in [-0.15, -0.1) is 0 Å². The van der Waals surface area contributed by atoms with E-state index in [1.165, 1.54) is 36.6 Å². The summed E-state index contributed by atoms with van der Waals surface area (Å²) in [5, 5.41) is 1.02. The number of halogens is 2. The second-order valence-electron chi connectivity index (χ2n) is 7.92. The molecule has 1 aromatic heterocycles. The molecule has 1 fully saturated rings. The molecule has 2 unspecified atom stereocenters. The first-order valence-electron chi connectivity index (χ1n) is 10.8. The number of hydrogen-bond acceptors (Lipinski definition) is 3. The van der Waals surface area contributed by atoms with E-state index in [1.54, 1.807) is 24.5 Å². The van der Waals surface area contributed by atoms with Crippen LogP contribution in [0.4, 0.5) is 0 Å². The van der Waals surface area contributed by atoms with Crippen LogP contribution < -0.4 is 0 Å². The zero-order valence-electron chi connectivity index (χ0n) is 17.4. The van der Waals surface area contributed by atoms with Crippen molar-refractivity contribution in [3.05, 3.63) is 52.5 Å². The monoisotopic (exact) mass is 449 g/mol. The van der Waals surface area contributed by atoms with E-state index in [9.17, 15) is 9.59 Å². The minimum atomic E-state index is -0.401. The molecule has 0 aliphatic carbocycles. The summed E-state index contributed by atoms with van der Waals surface area (Å²) in [7, 11) is 0. The van der Waals surface area contributed by atoms with Crippen molar-refractivity contribution in [2.45, 2.75) is 64.3 Å². The van der Waals surface area contributed by atoms with Gasteiger partial charge < -0.3 is 4.90 Å². The van der Waals surface area contributed by atoms with Gasteiger partial charge in [-0.05, 0) is 30.5 Å². The summed E-state index contributed by atoms with van der Waals surface area (Å²) in [5.74, 6) is -0.367. The summed E-state index contributed by atoms with van der Waals surface area (Å²) in [6.45, 7) is 2.83. The number of piperidine rings is 1. The topological polar surface area (TPSA) is 55.2 Å². The molecule has 30 heavy (non-hydrogen) atoms. The maximum Gasteiger partial charge on any atom is 0.237 e. The molecule has 162 valence electrons. The number of rotatable bonds is 9. The Balaban J connectivity index is 1.85. The number of unbranched alkanes of at least 4 members (excludes halogenated alkanes) is 5. The molecular weight excluding hydrogens is 421 g/mol. The lowest BCUT2D eigenvalue weighted by Gasteiger charge is -2.41. The molecule has 0 saturated carbocycles. The van der Waals surface area contributed by atoms with E-state index in [1.807, 2.05) is 11.0 Å². The van der Waals surface area contributed by atoms with Crippen molar-refractivity contribution in [1.29, 1.82) is 0 Å². The maximum absolute atomic E-state index is 13.2. The lowest BCUT2D eigenvalue weighted by Crippen LogP contribution is -2.46. The standard InChI is InChI=1S/C23H29Cl2N3O2/c1-2-3-4-5-6-7-13-28-21(29)11-10-19(23(30)27-14-12-26-16-27)22(28)18-9-8-17(24)15-20(18)25/h8-9,12,14-16,19,22H,2-7,10-11,13H2,1H3. The minimum Gasteiger partial charge on any atom is -0.335 e. The van der Waals surface area contributed by atoms with Crippen LogP contribution in [0.2, 0.25) is 10.0 Å². The Morgan fingerprint density at radius 1 is 1.17 bits per heavy atom. The van der Waals surface area contributed by atoms with Gasteiger partial charge in [0.15, 0.2) is 0 Å². The Morgan fingerprint density at radius 2 is 1.93 bits per heavy atom. The van der Waals surface area contributed by atoms with Crippen LogP contribution >= 0.6 is 23.2 Å². The molecule has 1 saturated heterocycles. The predicted molar refractivity (Wildman–Crippen MR) is 120 cm³/mol. The van der Waals surface area contributed by atoms with E-state index >= 15 is 0 Å². The lowest BCUT2D eigenvalue weighted by atomic mass is 9.83. The van der Waals surface area contributed by atoms with Gasteiger partial charge >= 0.3 is 0 Å². The predicted octanol–water partition coefficient (Wildman–Crippen LogP) is 6.17. The molecule has 0 radical (unpaired) electrons. The fraction of sp³-hybridized carbons (Fsp3) is 0.522. The highest BCUT2D eigenvalue weighted by atomic mass is 35.5. The third kappa shape index (κ3) is 5.44.